The Labute approximate surface area is 138 Å². The summed E-state index contributed by atoms with van der Waals surface area (Å²) in [7, 11) is 0. The molecule has 4 rings (SSSR count). The lowest BCUT2D eigenvalue weighted by atomic mass is 9.66. The number of carbonyl (C=O) groups excluding carboxylic acids is 1. The number of nitrogens with two attached hydrogens (primary N) is 1. The van der Waals surface area contributed by atoms with Crippen molar-refractivity contribution >= 4 is 5.78 Å². The SMILES string of the molecule is N[C@@H]1c2onc(OCc3ccccc3)c2C(=O)[C@@]2(O)CC=CC[C@@H]12. The maximum Gasteiger partial charge on any atom is 0.265 e. The van der Waals surface area contributed by atoms with Gasteiger partial charge in [-0.05, 0) is 17.1 Å². The molecule has 2 aliphatic rings. The van der Waals surface area contributed by atoms with Crippen LogP contribution in [0.4, 0.5) is 0 Å². The second-order valence-corrected chi connectivity index (χ2v) is 6.30. The summed E-state index contributed by atoms with van der Waals surface area (Å²) < 4.78 is 11.0. The molecule has 0 saturated heterocycles. The van der Waals surface area contributed by atoms with E-state index in [4.69, 9.17) is 15.0 Å². The third kappa shape index (κ3) is 2.18. The summed E-state index contributed by atoms with van der Waals surface area (Å²) in [5.41, 5.74) is 5.83. The van der Waals surface area contributed by atoms with Crippen molar-refractivity contribution in [3.05, 3.63) is 59.4 Å². The maximum atomic E-state index is 12.9. The van der Waals surface area contributed by atoms with Crippen LogP contribution in [-0.4, -0.2) is 21.6 Å². The van der Waals surface area contributed by atoms with Gasteiger partial charge in [0.1, 0.15) is 17.8 Å². The van der Waals surface area contributed by atoms with Crippen LogP contribution < -0.4 is 10.5 Å². The number of ketones is 1. The van der Waals surface area contributed by atoms with Gasteiger partial charge in [-0.15, -0.1) is 0 Å². The summed E-state index contributed by atoms with van der Waals surface area (Å²) in [6.07, 6.45) is 4.52. The van der Waals surface area contributed by atoms with Gasteiger partial charge in [0.25, 0.3) is 5.88 Å². The number of ether oxygens (including phenoxy) is 1. The van der Waals surface area contributed by atoms with Gasteiger partial charge in [-0.1, -0.05) is 42.5 Å². The maximum absolute atomic E-state index is 12.9. The van der Waals surface area contributed by atoms with E-state index in [1.165, 1.54) is 0 Å². The highest BCUT2D eigenvalue weighted by atomic mass is 16.5. The lowest BCUT2D eigenvalue weighted by Gasteiger charge is -2.41. The lowest BCUT2D eigenvalue weighted by Crippen LogP contribution is -2.54. The summed E-state index contributed by atoms with van der Waals surface area (Å²) in [6.45, 7) is 0.254. The molecule has 6 nitrogen and oxygen atoms in total. The lowest BCUT2D eigenvalue weighted by molar-refractivity contribution is -0.0202. The van der Waals surface area contributed by atoms with Crippen molar-refractivity contribution in [1.29, 1.82) is 0 Å². The molecule has 0 saturated carbocycles. The number of allylic oxidation sites excluding steroid dienone is 1. The fourth-order valence-electron chi connectivity index (χ4n) is 3.50. The van der Waals surface area contributed by atoms with Gasteiger partial charge in [-0.3, -0.25) is 4.79 Å². The van der Waals surface area contributed by atoms with Crippen molar-refractivity contribution in [2.75, 3.05) is 0 Å². The highest BCUT2D eigenvalue weighted by Crippen LogP contribution is 2.47. The summed E-state index contributed by atoms with van der Waals surface area (Å²) in [4.78, 5) is 12.9. The van der Waals surface area contributed by atoms with Gasteiger partial charge < -0.3 is 20.1 Å². The summed E-state index contributed by atoms with van der Waals surface area (Å²) in [5, 5.41) is 14.8. The van der Waals surface area contributed by atoms with Crippen LogP contribution in [-0.2, 0) is 6.61 Å². The number of aliphatic hydroxyl groups is 1. The van der Waals surface area contributed by atoms with Crippen LogP contribution in [0.5, 0.6) is 5.88 Å². The summed E-state index contributed by atoms with van der Waals surface area (Å²) in [5.74, 6) is -0.431. The number of carbonyl (C=O) groups is 1. The van der Waals surface area contributed by atoms with E-state index >= 15 is 0 Å². The molecule has 2 aliphatic carbocycles. The van der Waals surface area contributed by atoms with E-state index in [0.717, 1.165) is 5.56 Å². The number of hydrogen-bond acceptors (Lipinski definition) is 6. The van der Waals surface area contributed by atoms with Crippen molar-refractivity contribution in [2.45, 2.75) is 31.1 Å². The monoisotopic (exact) mass is 326 g/mol. The predicted molar refractivity (Wildman–Crippen MR) is 85.3 cm³/mol. The molecule has 24 heavy (non-hydrogen) atoms. The van der Waals surface area contributed by atoms with Crippen LogP contribution in [0.3, 0.4) is 0 Å². The molecule has 0 fully saturated rings. The van der Waals surface area contributed by atoms with Crippen LogP contribution in [0.15, 0.2) is 47.0 Å². The minimum atomic E-state index is -1.52. The summed E-state index contributed by atoms with van der Waals surface area (Å²) in [6, 6.07) is 8.95. The number of fused-ring (bicyclic) bond motifs is 2. The fraction of sp³-hybridized carbons (Fsp3) is 0.333. The minimum Gasteiger partial charge on any atom is -0.470 e. The van der Waals surface area contributed by atoms with Gasteiger partial charge in [0.15, 0.2) is 5.76 Å². The molecule has 0 spiro atoms. The zero-order valence-corrected chi connectivity index (χ0v) is 13.0. The Morgan fingerprint density at radius 3 is 2.92 bits per heavy atom. The predicted octanol–water partition coefficient (Wildman–Crippen LogP) is 2.15. The van der Waals surface area contributed by atoms with E-state index in [0.29, 0.717) is 12.2 Å². The zero-order valence-electron chi connectivity index (χ0n) is 13.0. The fourth-order valence-corrected chi connectivity index (χ4v) is 3.50. The molecule has 0 amide bonds. The standard InChI is InChI=1S/C18H18N2O4/c19-14-12-8-4-5-9-18(12,22)16(21)13-15(14)24-20-17(13)23-10-11-6-2-1-3-7-11/h1-7,12,14,22H,8-10,19H2/t12-,14-,18+/m0/s1. The molecule has 0 bridgehead atoms. The number of hydrogen-bond donors (Lipinski definition) is 2. The molecule has 1 aromatic heterocycles. The van der Waals surface area contributed by atoms with Crippen molar-refractivity contribution in [1.82, 2.24) is 5.16 Å². The molecule has 1 heterocycles. The number of aromatic nitrogens is 1. The number of Topliss-reactive ketones (excluding diaryl/α,β-unsaturated/α-hetero) is 1. The van der Waals surface area contributed by atoms with Crippen LogP contribution >= 0.6 is 0 Å². The molecule has 2 aromatic rings. The average molecular weight is 326 g/mol. The van der Waals surface area contributed by atoms with E-state index in [9.17, 15) is 9.90 Å². The Morgan fingerprint density at radius 2 is 2.12 bits per heavy atom. The van der Waals surface area contributed by atoms with E-state index in [1.54, 1.807) is 0 Å². The Bertz CT molecular complexity index is 799. The summed E-state index contributed by atoms with van der Waals surface area (Å²) >= 11 is 0. The van der Waals surface area contributed by atoms with E-state index in [1.807, 2.05) is 42.5 Å². The van der Waals surface area contributed by atoms with Crippen LogP contribution in [0, 0.1) is 5.92 Å². The second kappa shape index (κ2) is 5.58. The Kier molecular flexibility index (Phi) is 3.51. The van der Waals surface area contributed by atoms with E-state index in [2.05, 4.69) is 5.16 Å². The van der Waals surface area contributed by atoms with Crippen molar-refractivity contribution in [3.8, 4) is 5.88 Å². The molecular formula is C18H18N2O4. The third-order valence-corrected chi connectivity index (χ3v) is 4.86. The van der Waals surface area contributed by atoms with Gasteiger partial charge in [-0.25, -0.2) is 0 Å². The molecule has 3 N–H and O–H groups in total. The normalized spacial score (nSPS) is 28.3. The first-order chi connectivity index (χ1) is 11.6. The largest absolute Gasteiger partial charge is 0.470 e. The highest BCUT2D eigenvalue weighted by Gasteiger charge is 2.55. The van der Waals surface area contributed by atoms with E-state index < -0.39 is 23.3 Å². The van der Waals surface area contributed by atoms with Gasteiger partial charge >= 0.3 is 0 Å². The van der Waals surface area contributed by atoms with Crippen molar-refractivity contribution in [3.63, 3.8) is 0 Å². The van der Waals surface area contributed by atoms with Crippen molar-refractivity contribution < 1.29 is 19.2 Å². The molecule has 3 atom stereocenters. The Hall–Kier alpha value is -2.44. The number of nitrogens with zero attached hydrogens (tertiary/aromatic N) is 1. The van der Waals surface area contributed by atoms with Crippen LogP contribution in [0.25, 0.3) is 0 Å². The number of rotatable bonds is 3. The zero-order chi connectivity index (χ0) is 16.7. The first-order valence-corrected chi connectivity index (χ1v) is 7.95. The minimum absolute atomic E-state index is 0.0933. The number of benzene rings is 1. The first kappa shape index (κ1) is 15.1. The topological polar surface area (TPSA) is 98.6 Å². The van der Waals surface area contributed by atoms with Crippen molar-refractivity contribution in [2.24, 2.45) is 11.7 Å². The molecule has 1 aromatic carbocycles. The van der Waals surface area contributed by atoms with E-state index in [-0.39, 0.29) is 24.5 Å². The first-order valence-electron chi connectivity index (χ1n) is 7.95. The van der Waals surface area contributed by atoms with Gasteiger partial charge in [-0.2, -0.15) is 0 Å². The Morgan fingerprint density at radius 1 is 1.33 bits per heavy atom. The quantitative estimate of drug-likeness (QED) is 0.839. The molecule has 0 aliphatic heterocycles. The van der Waals surface area contributed by atoms with Gasteiger partial charge in [0, 0.05) is 12.3 Å². The molecule has 6 heteroatoms. The van der Waals surface area contributed by atoms with Crippen LogP contribution in [0.1, 0.15) is 40.6 Å². The van der Waals surface area contributed by atoms with Crippen LogP contribution in [0.2, 0.25) is 0 Å². The second-order valence-electron chi connectivity index (χ2n) is 6.30. The highest BCUT2D eigenvalue weighted by molar-refractivity contribution is 6.06. The third-order valence-electron chi connectivity index (χ3n) is 4.86. The Balaban J connectivity index is 1.66. The molecule has 0 unspecified atom stereocenters. The average Bonchev–Trinajstić information content (AvgIpc) is 3.03. The van der Waals surface area contributed by atoms with Gasteiger partial charge in [0.05, 0.1) is 6.04 Å². The molecule has 0 radical (unpaired) electrons. The molecular weight excluding hydrogens is 308 g/mol. The smallest absolute Gasteiger partial charge is 0.265 e. The van der Waals surface area contributed by atoms with Gasteiger partial charge in [0.2, 0.25) is 5.78 Å². The molecule has 124 valence electrons.